The van der Waals surface area contributed by atoms with E-state index in [0.717, 1.165) is 66.6 Å². The number of primary sulfonamides is 1. The molecular weight excluding hydrogens is 458 g/mol. The summed E-state index contributed by atoms with van der Waals surface area (Å²) < 4.78 is 28.5. The lowest BCUT2D eigenvalue weighted by Crippen LogP contribution is -2.36. The van der Waals surface area contributed by atoms with Gasteiger partial charge in [-0.15, -0.1) is 11.3 Å². The van der Waals surface area contributed by atoms with Gasteiger partial charge in [-0.3, -0.25) is 4.90 Å². The molecule has 5 rings (SSSR count). The van der Waals surface area contributed by atoms with Gasteiger partial charge in [0.05, 0.1) is 30.0 Å². The van der Waals surface area contributed by atoms with E-state index in [1.165, 1.54) is 16.9 Å². The van der Waals surface area contributed by atoms with Crippen molar-refractivity contribution in [2.75, 3.05) is 31.6 Å². The van der Waals surface area contributed by atoms with Gasteiger partial charge in [-0.2, -0.15) is 0 Å². The average molecular weight is 488 g/mol. The van der Waals surface area contributed by atoms with Crippen molar-refractivity contribution in [1.82, 2.24) is 14.9 Å². The highest BCUT2D eigenvalue weighted by Gasteiger charge is 2.24. The van der Waals surface area contributed by atoms with Crippen molar-refractivity contribution in [1.29, 1.82) is 0 Å². The number of nitrogens with one attached hydrogen (secondary N) is 1. The van der Waals surface area contributed by atoms with E-state index in [1.54, 1.807) is 35.6 Å². The van der Waals surface area contributed by atoms with Gasteiger partial charge in [0.15, 0.2) is 0 Å². The Hall–Kier alpha value is -2.11. The molecule has 0 amide bonds. The second kappa shape index (κ2) is 9.27. The Morgan fingerprint density at radius 1 is 1.21 bits per heavy atom. The van der Waals surface area contributed by atoms with Crippen LogP contribution in [0.3, 0.4) is 0 Å². The van der Waals surface area contributed by atoms with Crippen LogP contribution in [0.1, 0.15) is 35.2 Å². The summed E-state index contributed by atoms with van der Waals surface area (Å²) in [6.45, 7) is 6.82. The number of morpholine rings is 1. The Labute approximate surface area is 198 Å². The lowest BCUT2D eigenvalue weighted by Gasteiger charge is -2.26. The number of fused-ring (bicyclic) bond motifs is 3. The monoisotopic (exact) mass is 487 g/mol. The summed E-state index contributed by atoms with van der Waals surface area (Å²) in [5.41, 5.74) is 2.35. The van der Waals surface area contributed by atoms with Crippen molar-refractivity contribution in [2.24, 2.45) is 11.1 Å². The number of rotatable bonds is 6. The number of nitrogens with two attached hydrogens (primary N) is 1. The standard InChI is InChI=1S/C23H29N5O3S2/c1-15-2-7-18-19(12-15)32-23-21(18)22(26-20(27-23)14-28-8-10-31-11-9-28)25-13-16-3-5-17(6-4-16)33(24,29)30/h3-6,15H,2,7-14H2,1H3,(H2,24,29,30)(H,25,26,27)/t15-/m1/s1. The van der Waals surface area contributed by atoms with Crippen molar-refractivity contribution in [3.05, 3.63) is 46.1 Å². The third kappa shape index (κ3) is 5.04. The van der Waals surface area contributed by atoms with Crippen LogP contribution in [-0.2, 0) is 40.7 Å². The normalized spacial score (nSPS) is 19.5. The fraction of sp³-hybridized carbons (Fsp3) is 0.478. The van der Waals surface area contributed by atoms with Crippen LogP contribution in [0.25, 0.3) is 10.2 Å². The molecule has 0 bridgehead atoms. The van der Waals surface area contributed by atoms with E-state index < -0.39 is 10.0 Å². The van der Waals surface area contributed by atoms with Gasteiger partial charge in [0.2, 0.25) is 10.0 Å². The van der Waals surface area contributed by atoms with Crippen LogP contribution in [-0.4, -0.2) is 49.6 Å². The lowest BCUT2D eigenvalue weighted by atomic mass is 9.89. The fourth-order valence-corrected chi connectivity index (χ4v) is 6.44. The Morgan fingerprint density at radius 3 is 2.70 bits per heavy atom. The molecular formula is C23H29N5O3S2. The first-order valence-corrected chi connectivity index (χ1v) is 13.7. The second-order valence-electron chi connectivity index (χ2n) is 8.95. The van der Waals surface area contributed by atoms with Gasteiger partial charge in [-0.1, -0.05) is 19.1 Å². The molecule has 0 unspecified atom stereocenters. The summed E-state index contributed by atoms with van der Waals surface area (Å²) in [7, 11) is -3.70. The number of aryl methyl sites for hydroxylation is 1. The maximum atomic E-state index is 11.5. The number of hydrogen-bond donors (Lipinski definition) is 2. The third-order valence-electron chi connectivity index (χ3n) is 6.38. The van der Waals surface area contributed by atoms with Crippen molar-refractivity contribution >= 4 is 37.4 Å². The minimum atomic E-state index is -3.70. The highest BCUT2D eigenvalue weighted by Crippen LogP contribution is 2.40. The SMILES string of the molecule is C[C@@H]1CCc2c(sc3nc(CN4CCOCC4)nc(NCc4ccc(S(N)(=O)=O)cc4)c23)C1. The summed E-state index contributed by atoms with van der Waals surface area (Å²) in [5.74, 6) is 2.38. The summed E-state index contributed by atoms with van der Waals surface area (Å²) in [4.78, 5) is 14.8. The molecule has 176 valence electrons. The first-order chi connectivity index (χ1) is 15.9. The minimum Gasteiger partial charge on any atom is -0.379 e. The second-order valence-corrected chi connectivity index (χ2v) is 11.6. The van der Waals surface area contributed by atoms with Crippen molar-refractivity contribution in [2.45, 2.75) is 44.2 Å². The van der Waals surface area contributed by atoms with Gasteiger partial charge in [0, 0.05) is 24.5 Å². The number of nitrogens with zero attached hydrogens (tertiary/aromatic N) is 3. The molecule has 8 nitrogen and oxygen atoms in total. The number of benzene rings is 1. The van der Waals surface area contributed by atoms with Gasteiger partial charge in [0.25, 0.3) is 0 Å². The lowest BCUT2D eigenvalue weighted by molar-refractivity contribution is 0.0331. The molecule has 2 aromatic heterocycles. The molecule has 0 spiro atoms. The third-order valence-corrected chi connectivity index (χ3v) is 8.46. The molecule has 33 heavy (non-hydrogen) atoms. The van der Waals surface area contributed by atoms with Crippen LogP contribution in [0.15, 0.2) is 29.2 Å². The Morgan fingerprint density at radius 2 is 1.97 bits per heavy atom. The highest BCUT2D eigenvalue weighted by atomic mass is 32.2. The zero-order valence-electron chi connectivity index (χ0n) is 18.7. The van der Waals surface area contributed by atoms with E-state index in [9.17, 15) is 8.42 Å². The highest BCUT2D eigenvalue weighted by molar-refractivity contribution is 7.89. The van der Waals surface area contributed by atoms with E-state index in [1.807, 2.05) is 0 Å². The predicted octanol–water partition coefficient (Wildman–Crippen LogP) is 2.91. The largest absolute Gasteiger partial charge is 0.379 e. The first-order valence-electron chi connectivity index (χ1n) is 11.3. The number of anilines is 1. The molecule has 1 aromatic carbocycles. The molecule has 0 saturated carbocycles. The summed E-state index contributed by atoms with van der Waals surface area (Å²) in [6.07, 6.45) is 3.34. The Kier molecular flexibility index (Phi) is 6.37. The van der Waals surface area contributed by atoms with E-state index in [0.29, 0.717) is 19.0 Å². The molecule has 1 saturated heterocycles. The number of ether oxygens (including phenoxy) is 1. The van der Waals surface area contributed by atoms with Crippen molar-refractivity contribution in [3.63, 3.8) is 0 Å². The van der Waals surface area contributed by atoms with Gasteiger partial charge in [-0.05, 0) is 48.4 Å². The maximum Gasteiger partial charge on any atom is 0.238 e. The van der Waals surface area contributed by atoms with Crippen LogP contribution in [0.5, 0.6) is 0 Å². The number of aromatic nitrogens is 2. The fourth-order valence-electron chi connectivity index (χ4n) is 4.53. The molecule has 0 radical (unpaired) electrons. The van der Waals surface area contributed by atoms with Crippen LogP contribution in [0.2, 0.25) is 0 Å². The molecule has 1 aliphatic carbocycles. The van der Waals surface area contributed by atoms with Gasteiger partial charge < -0.3 is 10.1 Å². The molecule has 1 aliphatic heterocycles. The summed E-state index contributed by atoms with van der Waals surface area (Å²) >= 11 is 1.81. The van der Waals surface area contributed by atoms with Crippen molar-refractivity contribution in [3.8, 4) is 0 Å². The van der Waals surface area contributed by atoms with Gasteiger partial charge >= 0.3 is 0 Å². The van der Waals surface area contributed by atoms with E-state index in [-0.39, 0.29) is 4.90 Å². The smallest absolute Gasteiger partial charge is 0.238 e. The molecule has 2 aliphatic rings. The first kappa shape index (κ1) is 22.7. The molecule has 10 heteroatoms. The molecule has 1 atom stereocenters. The van der Waals surface area contributed by atoms with E-state index in [2.05, 4.69) is 17.1 Å². The summed E-state index contributed by atoms with van der Waals surface area (Å²) in [5, 5.41) is 9.89. The zero-order valence-corrected chi connectivity index (χ0v) is 20.3. The number of thiophene rings is 1. The average Bonchev–Trinajstić information content (AvgIpc) is 3.15. The number of sulfonamides is 1. The predicted molar refractivity (Wildman–Crippen MR) is 130 cm³/mol. The zero-order chi connectivity index (χ0) is 23.0. The van der Waals surface area contributed by atoms with Crippen LogP contribution < -0.4 is 10.5 Å². The van der Waals surface area contributed by atoms with Crippen LogP contribution >= 0.6 is 11.3 Å². The Bertz CT molecular complexity index is 1250. The minimum absolute atomic E-state index is 0.115. The number of hydrogen-bond acceptors (Lipinski definition) is 8. The Balaban J connectivity index is 1.45. The van der Waals surface area contributed by atoms with Crippen LogP contribution in [0.4, 0.5) is 5.82 Å². The summed E-state index contributed by atoms with van der Waals surface area (Å²) in [6, 6.07) is 6.65. The van der Waals surface area contributed by atoms with Gasteiger partial charge in [0.1, 0.15) is 16.5 Å². The molecule has 1 fully saturated rings. The molecule has 3 aromatic rings. The van der Waals surface area contributed by atoms with Gasteiger partial charge in [-0.25, -0.2) is 23.5 Å². The molecule has 3 heterocycles. The topological polar surface area (TPSA) is 110 Å². The van der Waals surface area contributed by atoms with E-state index >= 15 is 0 Å². The van der Waals surface area contributed by atoms with Crippen molar-refractivity contribution < 1.29 is 13.2 Å². The maximum absolute atomic E-state index is 11.5. The van der Waals surface area contributed by atoms with Crippen LogP contribution in [0, 0.1) is 5.92 Å². The van der Waals surface area contributed by atoms with E-state index in [4.69, 9.17) is 19.8 Å². The quantitative estimate of drug-likeness (QED) is 0.550. The molecule has 3 N–H and O–H groups in total.